The molecule has 0 atom stereocenters. The fourth-order valence-corrected chi connectivity index (χ4v) is 9.34. The zero-order valence-electron chi connectivity index (χ0n) is 30.6. The lowest BCUT2D eigenvalue weighted by Gasteiger charge is -2.34. The van der Waals surface area contributed by atoms with E-state index in [0.717, 1.165) is 36.8 Å². The van der Waals surface area contributed by atoms with Gasteiger partial charge in [-0.3, -0.25) is 0 Å². The Bertz CT molecular complexity index is 1810. The SMILES string of the molecule is CCCCCCCCC1(CCCCCCCC)c2cc(Br)ccc2-c2ccc(-c3ccc(Br)cc3C(O)(c3ccccc3)c3ccccc3)cc21. The van der Waals surface area contributed by atoms with Gasteiger partial charge in [-0.25, -0.2) is 0 Å². The average molecular weight is 807 g/mol. The number of rotatable bonds is 18. The number of aliphatic hydroxyl groups is 1. The zero-order valence-corrected chi connectivity index (χ0v) is 33.7. The molecule has 1 aliphatic rings. The van der Waals surface area contributed by atoms with Crippen LogP contribution in [0.5, 0.6) is 0 Å². The number of halogens is 2. The van der Waals surface area contributed by atoms with E-state index >= 15 is 0 Å². The van der Waals surface area contributed by atoms with E-state index in [9.17, 15) is 5.11 Å². The van der Waals surface area contributed by atoms with Crippen LogP contribution in [0.3, 0.4) is 0 Å². The molecule has 1 nitrogen and oxygen atoms in total. The summed E-state index contributed by atoms with van der Waals surface area (Å²) < 4.78 is 2.11. The molecule has 5 aromatic carbocycles. The molecule has 0 aromatic heterocycles. The van der Waals surface area contributed by atoms with Crippen molar-refractivity contribution in [2.75, 3.05) is 0 Å². The van der Waals surface area contributed by atoms with E-state index in [1.807, 2.05) is 60.7 Å². The maximum atomic E-state index is 13.0. The van der Waals surface area contributed by atoms with Gasteiger partial charge >= 0.3 is 0 Å². The molecule has 0 saturated carbocycles. The van der Waals surface area contributed by atoms with Crippen LogP contribution >= 0.6 is 31.9 Å². The maximum absolute atomic E-state index is 13.0. The van der Waals surface area contributed by atoms with Crippen LogP contribution in [0.1, 0.15) is 132 Å². The Hall–Kier alpha value is -2.98. The number of hydrogen-bond acceptors (Lipinski definition) is 1. The molecule has 0 saturated heterocycles. The van der Waals surface area contributed by atoms with Gasteiger partial charge < -0.3 is 5.11 Å². The van der Waals surface area contributed by atoms with Crippen LogP contribution in [-0.4, -0.2) is 5.11 Å². The third-order valence-electron chi connectivity index (χ3n) is 11.3. The van der Waals surface area contributed by atoms with E-state index in [1.165, 1.54) is 112 Å². The van der Waals surface area contributed by atoms with Gasteiger partial charge in [0.1, 0.15) is 5.60 Å². The second-order valence-corrected chi connectivity index (χ2v) is 16.5. The lowest BCUT2D eigenvalue weighted by molar-refractivity contribution is 0.126. The topological polar surface area (TPSA) is 20.2 Å². The molecule has 1 aliphatic carbocycles. The van der Waals surface area contributed by atoms with Crippen LogP contribution < -0.4 is 0 Å². The Morgan fingerprint density at radius 2 is 0.941 bits per heavy atom. The molecule has 6 rings (SSSR count). The maximum Gasteiger partial charge on any atom is 0.141 e. The van der Waals surface area contributed by atoms with Crippen molar-refractivity contribution in [1.82, 2.24) is 0 Å². The predicted molar refractivity (Wildman–Crippen MR) is 224 cm³/mol. The van der Waals surface area contributed by atoms with Gasteiger partial charge in [-0.1, -0.05) is 208 Å². The Labute approximate surface area is 324 Å². The van der Waals surface area contributed by atoms with Crippen LogP contribution in [0.2, 0.25) is 0 Å². The molecule has 3 heteroatoms. The van der Waals surface area contributed by atoms with Gasteiger partial charge in [0, 0.05) is 19.9 Å². The van der Waals surface area contributed by atoms with Gasteiger partial charge in [-0.15, -0.1) is 0 Å². The molecule has 0 spiro atoms. The van der Waals surface area contributed by atoms with E-state index < -0.39 is 5.60 Å². The van der Waals surface area contributed by atoms with Gasteiger partial charge in [0.2, 0.25) is 0 Å². The summed E-state index contributed by atoms with van der Waals surface area (Å²) in [5.41, 5.74) is 9.14. The van der Waals surface area contributed by atoms with Crippen molar-refractivity contribution in [2.45, 2.75) is 115 Å². The molecular weight excluding hydrogens is 752 g/mol. The number of unbranched alkanes of at least 4 members (excludes halogenated alkanes) is 10. The first kappa shape index (κ1) is 37.8. The van der Waals surface area contributed by atoms with Gasteiger partial charge in [0.05, 0.1) is 0 Å². The van der Waals surface area contributed by atoms with Crippen LogP contribution in [-0.2, 0) is 11.0 Å². The highest BCUT2D eigenvalue weighted by atomic mass is 79.9. The second kappa shape index (κ2) is 17.7. The molecular formula is C48H54Br2O. The van der Waals surface area contributed by atoms with Crippen LogP contribution in [0.15, 0.2) is 124 Å². The standard InChI is InChI=1S/C48H54Br2O/c1-3-5-7-9-11-19-31-47(32-20-12-10-8-6-4-2)44-33-36(25-28-42(44)43-30-27-39(49)34-45(43)47)41-29-26-40(50)35-46(41)48(51,37-21-15-13-16-22-37)38-23-17-14-18-24-38/h13-18,21-30,33-35,51H,3-12,19-20,31-32H2,1-2H3. The zero-order chi connectivity index (χ0) is 35.7. The summed E-state index contributed by atoms with van der Waals surface area (Å²) in [5.74, 6) is 0. The second-order valence-electron chi connectivity index (χ2n) is 14.7. The molecule has 0 unspecified atom stereocenters. The highest BCUT2D eigenvalue weighted by Gasteiger charge is 2.43. The number of benzene rings is 5. The Kier molecular flexibility index (Phi) is 13.1. The Morgan fingerprint density at radius 3 is 1.49 bits per heavy atom. The minimum atomic E-state index is -1.34. The summed E-state index contributed by atoms with van der Waals surface area (Å²) in [6.45, 7) is 4.60. The van der Waals surface area contributed by atoms with E-state index in [0.29, 0.717) is 0 Å². The van der Waals surface area contributed by atoms with Crippen LogP contribution in [0.25, 0.3) is 22.3 Å². The molecule has 0 aliphatic heterocycles. The Morgan fingerprint density at radius 1 is 0.490 bits per heavy atom. The molecule has 5 aromatic rings. The van der Waals surface area contributed by atoms with Crippen molar-refractivity contribution in [3.63, 3.8) is 0 Å². The third-order valence-corrected chi connectivity index (χ3v) is 12.3. The van der Waals surface area contributed by atoms with Crippen molar-refractivity contribution in [2.24, 2.45) is 0 Å². The van der Waals surface area contributed by atoms with Crippen molar-refractivity contribution >= 4 is 31.9 Å². The predicted octanol–water partition coefficient (Wildman–Crippen LogP) is 14.9. The Balaban J connectivity index is 1.48. The van der Waals surface area contributed by atoms with Crippen molar-refractivity contribution in [3.8, 4) is 22.3 Å². The van der Waals surface area contributed by atoms with Crippen molar-refractivity contribution in [1.29, 1.82) is 0 Å². The summed E-state index contributed by atoms with van der Waals surface area (Å²) in [5, 5.41) is 13.0. The number of fused-ring (bicyclic) bond motifs is 3. The van der Waals surface area contributed by atoms with Gasteiger partial charge in [0.15, 0.2) is 0 Å². The van der Waals surface area contributed by atoms with Crippen molar-refractivity contribution < 1.29 is 5.11 Å². The fraction of sp³-hybridized carbons (Fsp3) is 0.375. The summed E-state index contributed by atoms with van der Waals surface area (Å²) in [7, 11) is 0. The molecule has 0 radical (unpaired) electrons. The quantitative estimate of drug-likeness (QED) is 0.0691. The third kappa shape index (κ3) is 8.17. The molecule has 0 heterocycles. The van der Waals surface area contributed by atoms with Crippen LogP contribution in [0, 0.1) is 0 Å². The molecule has 266 valence electrons. The normalized spacial score (nSPS) is 13.3. The highest BCUT2D eigenvalue weighted by Crippen LogP contribution is 2.56. The average Bonchev–Trinajstić information content (AvgIpc) is 3.42. The summed E-state index contributed by atoms with van der Waals surface area (Å²) in [4.78, 5) is 0. The van der Waals surface area contributed by atoms with E-state index in [-0.39, 0.29) is 5.41 Å². The van der Waals surface area contributed by atoms with Crippen molar-refractivity contribution in [3.05, 3.63) is 152 Å². The largest absolute Gasteiger partial charge is 0.376 e. The fourth-order valence-electron chi connectivity index (χ4n) is 8.62. The molecule has 0 fully saturated rings. The van der Waals surface area contributed by atoms with Crippen LogP contribution in [0.4, 0.5) is 0 Å². The molecule has 0 amide bonds. The van der Waals surface area contributed by atoms with Gasteiger partial charge in [-0.05, 0) is 87.7 Å². The summed E-state index contributed by atoms with van der Waals surface area (Å²) in [6.07, 6.45) is 17.9. The smallest absolute Gasteiger partial charge is 0.141 e. The monoisotopic (exact) mass is 804 g/mol. The first-order chi connectivity index (χ1) is 24.9. The van der Waals surface area contributed by atoms with Gasteiger partial charge in [-0.2, -0.15) is 0 Å². The molecule has 1 N–H and O–H groups in total. The first-order valence-electron chi connectivity index (χ1n) is 19.5. The van der Waals surface area contributed by atoms with E-state index in [2.05, 4.69) is 100 Å². The first-order valence-corrected chi connectivity index (χ1v) is 21.1. The minimum Gasteiger partial charge on any atom is -0.376 e. The lowest BCUT2D eigenvalue weighted by Crippen LogP contribution is -2.29. The summed E-state index contributed by atoms with van der Waals surface area (Å²) >= 11 is 7.67. The van der Waals surface area contributed by atoms with E-state index in [4.69, 9.17) is 0 Å². The summed E-state index contributed by atoms with van der Waals surface area (Å²) in [6, 6.07) is 40.9. The van der Waals surface area contributed by atoms with Gasteiger partial charge in [0.25, 0.3) is 0 Å². The minimum absolute atomic E-state index is 0.0370. The highest BCUT2D eigenvalue weighted by molar-refractivity contribution is 9.10. The number of hydrogen-bond donors (Lipinski definition) is 1. The molecule has 51 heavy (non-hydrogen) atoms. The molecule has 0 bridgehead atoms. The lowest BCUT2D eigenvalue weighted by atomic mass is 9.70. The van der Waals surface area contributed by atoms with E-state index in [1.54, 1.807) is 0 Å².